The number of hydrogen-bond donors (Lipinski definition) is 1. The number of anilines is 1. The Balaban J connectivity index is 0.00000115. The molecule has 4 nitrogen and oxygen atoms in total. The smallest absolute Gasteiger partial charge is 0.235 e. The summed E-state index contributed by atoms with van der Waals surface area (Å²) in [6.45, 7) is 13.3. The summed E-state index contributed by atoms with van der Waals surface area (Å²) in [5.41, 5.74) is 4.38. The molecule has 1 amide bonds. The first kappa shape index (κ1) is 28.7. The van der Waals surface area contributed by atoms with Gasteiger partial charge in [-0.15, -0.1) is 21.0 Å². The maximum Gasteiger partial charge on any atom is 0.235 e. The molecule has 1 N–H and O–H groups in total. The van der Waals surface area contributed by atoms with Crippen LogP contribution in [0, 0.1) is 0 Å². The molecule has 2 unspecified atom stereocenters. The van der Waals surface area contributed by atoms with Crippen molar-refractivity contribution in [3.63, 3.8) is 0 Å². The molecule has 7 heteroatoms. The van der Waals surface area contributed by atoms with E-state index in [1.165, 1.54) is 6.42 Å². The SMILES string of the molecule is C=C(C)c1ccc2c(c1)C1(CCN(CCOc3ccc(SC)c(C(F)CP)c3)CC1)C(=O)N2.CCC. The zero-order valence-electron chi connectivity index (χ0n) is 22.0. The van der Waals surface area contributed by atoms with Crippen LogP contribution in [0.3, 0.4) is 0 Å². The Kier molecular flexibility index (Phi) is 10.4. The van der Waals surface area contributed by atoms with Crippen molar-refractivity contribution in [1.29, 1.82) is 0 Å². The molecule has 196 valence electrons. The number of piperidine rings is 1. The van der Waals surface area contributed by atoms with Crippen molar-refractivity contribution >= 4 is 38.2 Å². The molecule has 2 aromatic carbocycles. The predicted molar refractivity (Wildman–Crippen MR) is 155 cm³/mol. The van der Waals surface area contributed by atoms with Crippen LogP contribution in [0.25, 0.3) is 5.57 Å². The van der Waals surface area contributed by atoms with Crippen LogP contribution in [-0.4, -0.2) is 49.5 Å². The number of carbonyl (C=O) groups is 1. The highest BCUT2D eigenvalue weighted by molar-refractivity contribution is 7.98. The van der Waals surface area contributed by atoms with Gasteiger partial charge in [-0.1, -0.05) is 38.5 Å². The second-order valence-corrected chi connectivity index (χ2v) is 10.9. The number of alkyl halides is 1. The Morgan fingerprint density at radius 3 is 2.56 bits per heavy atom. The average molecular weight is 531 g/mol. The summed E-state index contributed by atoms with van der Waals surface area (Å²) >= 11 is 1.55. The van der Waals surface area contributed by atoms with Gasteiger partial charge in [0.05, 0.1) is 5.41 Å². The Hall–Kier alpha value is -1.88. The highest BCUT2D eigenvalue weighted by Crippen LogP contribution is 2.45. The third-order valence-corrected chi connectivity index (χ3v) is 8.07. The monoisotopic (exact) mass is 530 g/mol. The summed E-state index contributed by atoms with van der Waals surface area (Å²) in [7, 11) is 2.47. The van der Waals surface area contributed by atoms with Crippen LogP contribution in [0.1, 0.15) is 62.9 Å². The summed E-state index contributed by atoms with van der Waals surface area (Å²) in [5, 5.41) is 3.09. The highest BCUT2D eigenvalue weighted by Gasteiger charge is 2.48. The molecule has 36 heavy (non-hydrogen) atoms. The van der Waals surface area contributed by atoms with E-state index in [1.807, 2.05) is 43.5 Å². The lowest BCUT2D eigenvalue weighted by Gasteiger charge is -2.38. The molecule has 2 aliphatic heterocycles. The minimum absolute atomic E-state index is 0.114. The number of hydrogen-bond acceptors (Lipinski definition) is 4. The van der Waals surface area contributed by atoms with E-state index in [4.69, 9.17) is 4.74 Å². The van der Waals surface area contributed by atoms with E-state index in [0.717, 1.165) is 59.8 Å². The summed E-state index contributed by atoms with van der Waals surface area (Å²) in [6, 6.07) is 11.8. The molecule has 1 saturated heterocycles. The van der Waals surface area contributed by atoms with E-state index in [-0.39, 0.29) is 5.91 Å². The standard InChI is InChI=1S/C26H32FN2O2PS.C3H8/c1-17(2)18-4-6-23-21(14-18)26(25(30)28-23)8-10-29(11-9-26)12-13-31-19-5-7-24(33-3)20(15-19)22(27)16-32;1-3-2/h4-7,14-15,22H,1,8-13,16,32H2,2-3H3,(H,28,30);3H2,1-2H3. The molecular formula is C29H40FN2O2PS. The predicted octanol–water partition coefficient (Wildman–Crippen LogP) is 7.11. The molecule has 0 radical (unpaired) electrons. The van der Waals surface area contributed by atoms with E-state index in [1.54, 1.807) is 11.8 Å². The summed E-state index contributed by atoms with van der Waals surface area (Å²) < 4.78 is 20.3. The van der Waals surface area contributed by atoms with Crippen molar-refractivity contribution in [2.24, 2.45) is 0 Å². The number of ether oxygens (including phenoxy) is 1. The third kappa shape index (κ3) is 6.33. The first-order valence-corrected chi connectivity index (χ1v) is 14.8. The molecule has 1 spiro atoms. The summed E-state index contributed by atoms with van der Waals surface area (Å²) in [5.74, 6) is 0.817. The largest absolute Gasteiger partial charge is 0.492 e. The molecule has 0 aromatic heterocycles. The van der Waals surface area contributed by atoms with Gasteiger partial charge in [-0.25, -0.2) is 4.39 Å². The molecule has 1 fully saturated rings. The van der Waals surface area contributed by atoms with Crippen LogP contribution >= 0.6 is 21.0 Å². The number of likely N-dealkylation sites (tertiary alicyclic amines) is 1. The Bertz CT molecular complexity index is 1070. The van der Waals surface area contributed by atoms with Gasteiger partial charge < -0.3 is 10.1 Å². The molecule has 2 atom stereocenters. The first-order valence-electron chi connectivity index (χ1n) is 12.8. The topological polar surface area (TPSA) is 41.6 Å². The number of nitrogens with zero attached hydrogens (tertiary/aromatic N) is 1. The van der Waals surface area contributed by atoms with Crippen LogP contribution in [0.2, 0.25) is 0 Å². The first-order chi connectivity index (χ1) is 17.3. The second kappa shape index (κ2) is 13.1. The zero-order valence-corrected chi connectivity index (χ0v) is 24.0. The fraction of sp³-hybridized carbons (Fsp3) is 0.483. The van der Waals surface area contributed by atoms with Gasteiger partial charge in [-0.3, -0.25) is 9.69 Å². The van der Waals surface area contributed by atoms with Crippen LogP contribution < -0.4 is 10.1 Å². The number of carbonyl (C=O) groups excluding carboxylic acids is 1. The maximum absolute atomic E-state index is 14.3. The summed E-state index contributed by atoms with van der Waals surface area (Å²) in [4.78, 5) is 16.2. The fourth-order valence-electron chi connectivity index (χ4n) is 4.80. The quantitative estimate of drug-likeness (QED) is 0.292. The average Bonchev–Trinajstić information content (AvgIpc) is 3.15. The Morgan fingerprint density at radius 2 is 1.94 bits per heavy atom. The number of amides is 1. The van der Waals surface area contributed by atoms with Gasteiger partial charge in [0.25, 0.3) is 0 Å². The maximum atomic E-state index is 14.3. The fourth-order valence-corrected chi connectivity index (χ4v) is 5.68. The number of fused-ring (bicyclic) bond motifs is 2. The zero-order chi connectivity index (χ0) is 26.3. The lowest BCUT2D eigenvalue weighted by atomic mass is 9.73. The molecule has 0 saturated carbocycles. The van der Waals surface area contributed by atoms with Crippen molar-refractivity contribution in [1.82, 2.24) is 4.90 Å². The van der Waals surface area contributed by atoms with Crippen molar-refractivity contribution in [3.8, 4) is 5.75 Å². The normalized spacial score (nSPS) is 17.1. The van der Waals surface area contributed by atoms with Gasteiger partial charge in [-0.05, 0) is 86.7 Å². The molecule has 0 bridgehead atoms. The molecular weight excluding hydrogens is 490 g/mol. The molecule has 2 heterocycles. The van der Waals surface area contributed by atoms with E-state index in [0.29, 0.717) is 24.1 Å². The van der Waals surface area contributed by atoms with Crippen LogP contribution in [-0.2, 0) is 10.2 Å². The van der Waals surface area contributed by atoms with Gasteiger partial charge in [-0.2, -0.15) is 0 Å². The minimum Gasteiger partial charge on any atom is -0.492 e. The van der Waals surface area contributed by atoms with Gasteiger partial charge in [0.2, 0.25) is 5.91 Å². The molecule has 2 aromatic rings. The lowest BCUT2D eigenvalue weighted by molar-refractivity contribution is -0.122. The number of rotatable bonds is 8. The van der Waals surface area contributed by atoms with Crippen molar-refractivity contribution in [2.75, 3.05) is 44.0 Å². The number of allylic oxidation sites excluding steroid dienone is 1. The van der Waals surface area contributed by atoms with Crippen LogP contribution in [0.4, 0.5) is 10.1 Å². The van der Waals surface area contributed by atoms with Crippen LogP contribution in [0.15, 0.2) is 47.9 Å². The van der Waals surface area contributed by atoms with E-state index >= 15 is 0 Å². The van der Waals surface area contributed by atoms with Gasteiger partial charge in [0.15, 0.2) is 0 Å². The van der Waals surface area contributed by atoms with Gasteiger partial charge in [0, 0.05) is 22.7 Å². The van der Waals surface area contributed by atoms with Gasteiger partial charge in [0.1, 0.15) is 18.5 Å². The number of halogens is 1. The molecule has 2 aliphatic rings. The van der Waals surface area contributed by atoms with E-state index in [9.17, 15) is 9.18 Å². The second-order valence-electron chi connectivity index (χ2n) is 9.58. The number of nitrogens with one attached hydrogen (secondary N) is 1. The molecule has 4 rings (SSSR count). The van der Waals surface area contributed by atoms with Crippen molar-refractivity contribution < 1.29 is 13.9 Å². The lowest BCUT2D eigenvalue weighted by Crippen LogP contribution is -2.47. The van der Waals surface area contributed by atoms with Crippen molar-refractivity contribution in [2.45, 2.75) is 56.5 Å². The Labute approximate surface area is 222 Å². The number of thioether (sulfide) groups is 1. The molecule has 0 aliphatic carbocycles. The Morgan fingerprint density at radius 1 is 1.25 bits per heavy atom. The number of benzene rings is 2. The summed E-state index contributed by atoms with van der Waals surface area (Å²) in [6.07, 6.45) is 4.15. The third-order valence-electron chi connectivity index (χ3n) is 6.84. The van der Waals surface area contributed by atoms with Crippen LogP contribution in [0.5, 0.6) is 5.75 Å². The highest BCUT2D eigenvalue weighted by atomic mass is 32.2. The van der Waals surface area contributed by atoms with Gasteiger partial charge >= 0.3 is 0 Å². The minimum atomic E-state index is -1.01. The van der Waals surface area contributed by atoms with Crippen molar-refractivity contribution in [3.05, 3.63) is 59.7 Å². The van der Waals surface area contributed by atoms with E-state index in [2.05, 4.69) is 45.9 Å². The van der Waals surface area contributed by atoms with E-state index < -0.39 is 11.6 Å².